The van der Waals surface area contributed by atoms with E-state index < -0.39 is 5.79 Å². The normalized spacial score (nSPS) is 27.2. The van der Waals surface area contributed by atoms with Crippen LogP contribution in [0.15, 0.2) is 18.2 Å². The van der Waals surface area contributed by atoms with Gasteiger partial charge in [-0.3, -0.25) is 0 Å². The lowest BCUT2D eigenvalue weighted by Gasteiger charge is -2.25. The van der Waals surface area contributed by atoms with Crippen LogP contribution < -0.4 is 9.47 Å². The Morgan fingerprint density at radius 3 is 2.72 bits per heavy atom. The van der Waals surface area contributed by atoms with Gasteiger partial charge in [0.2, 0.25) is 0 Å². The highest BCUT2D eigenvalue weighted by Crippen LogP contribution is 2.40. The molecule has 1 saturated heterocycles. The molecule has 2 atom stereocenters. The summed E-state index contributed by atoms with van der Waals surface area (Å²) in [4.78, 5) is 0. The van der Waals surface area contributed by atoms with E-state index in [2.05, 4.69) is 0 Å². The zero-order chi connectivity index (χ0) is 13.2. The van der Waals surface area contributed by atoms with Crippen molar-refractivity contribution in [3.63, 3.8) is 0 Å². The van der Waals surface area contributed by atoms with Crippen LogP contribution >= 0.6 is 11.6 Å². The molecule has 1 aromatic rings. The first-order chi connectivity index (χ1) is 8.62. The van der Waals surface area contributed by atoms with E-state index in [4.69, 9.17) is 30.5 Å². The van der Waals surface area contributed by atoms with Crippen LogP contribution in [0.3, 0.4) is 0 Å². The number of rotatable bonds is 4. The Balaban J connectivity index is 2.32. The standard InChI is InChI=1S/C13H17ClO4/c1-13(17-8-10(7-14)18-13)11-5-4-9(15-2)6-12(11)16-3/h4-6,10H,7-8H2,1-3H3. The molecule has 0 amide bonds. The first-order valence-corrected chi connectivity index (χ1v) is 6.26. The van der Waals surface area contributed by atoms with Gasteiger partial charge in [-0.25, -0.2) is 0 Å². The molecule has 0 aromatic heterocycles. The molecular formula is C13H17ClO4. The Hall–Kier alpha value is -0.970. The number of halogens is 1. The van der Waals surface area contributed by atoms with Crippen molar-refractivity contribution in [3.8, 4) is 11.5 Å². The lowest BCUT2D eigenvalue weighted by molar-refractivity contribution is -0.160. The van der Waals surface area contributed by atoms with E-state index in [0.29, 0.717) is 18.2 Å². The molecule has 0 aliphatic carbocycles. The lowest BCUT2D eigenvalue weighted by Crippen LogP contribution is -2.25. The summed E-state index contributed by atoms with van der Waals surface area (Å²) in [7, 11) is 3.22. The summed E-state index contributed by atoms with van der Waals surface area (Å²) in [5.41, 5.74) is 0.832. The molecular weight excluding hydrogens is 256 g/mol. The van der Waals surface area contributed by atoms with Crippen LogP contribution in [0.2, 0.25) is 0 Å². The van der Waals surface area contributed by atoms with Gasteiger partial charge in [0.15, 0.2) is 5.79 Å². The van der Waals surface area contributed by atoms with Gasteiger partial charge in [-0.2, -0.15) is 0 Å². The minimum atomic E-state index is -0.822. The first-order valence-electron chi connectivity index (χ1n) is 5.73. The third-order valence-electron chi connectivity index (χ3n) is 3.01. The summed E-state index contributed by atoms with van der Waals surface area (Å²) in [5.74, 6) is 0.990. The second-order valence-electron chi connectivity index (χ2n) is 4.22. The summed E-state index contributed by atoms with van der Waals surface area (Å²) < 4.78 is 22.1. The summed E-state index contributed by atoms with van der Waals surface area (Å²) in [6, 6.07) is 5.54. The van der Waals surface area contributed by atoms with Gasteiger partial charge in [0.25, 0.3) is 0 Å². The van der Waals surface area contributed by atoms with Crippen molar-refractivity contribution in [3.05, 3.63) is 23.8 Å². The molecule has 1 fully saturated rings. The molecule has 0 saturated carbocycles. The molecule has 5 heteroatoms. The molecule has 0 spiro atoms. The zero-order valence-corrected chi connectivity index (χ0v) is 11.5. The summed E-state index contributed by atoms with van der Waals surface area (Å²) >= 11 is 5.79. The minimum Gasteiger partial charge on any atom is -0.497 e. The monoisotopic (exact) mass is 272 g/mol. The smallest absolute Gasteiger partial charge is 0.196 e. The molecule has 1 aliphatic heterocycles. The van der Waals surface area contributed by atoms with Crippen molar-refractivity contribution in [1.29, 1.82) is 0 Å². The Kier molecular flexibility index (Phi) is 4.00. The topological polar surface area (TPSA) is 36.9 Å². The molecule has 0 N–H and O–H groups in total. The maximum atomic E-state index is 5.83. The van der Waals surface area contributed by atoms with E-state index in [1.807, 2.05) is 19.1 Å². The Bertz CT molecular complexity index is 423. The second kappa shape index (κ2) is 5.34. The number of hydrogen-bond acceptors (Lipinski definition) is 4. The quantitative estimate of drug-likeness (QED) is 0.790. The average Bonchev–Trinajstić information content (AvgIpc) is 2.81. The molecule has 0 radical (unpaired) electrons. The van der Waals surface area contributed by atoms with Crippen LogP contribution in [-0.4, -0.2) is 32.8 Å². The molecule has 0 bridgehead atoms. The number of benzene rings is 1. The maximum Gasteiger partial charge on any atom is 0.196 e. The Morgan fingerprint density at radius 1 is 1.39 bits per heavy atom. The minimum absolute atomic E-state index is 0.0940. The molecule has 18 heavy (non-hydrogen) atoms. The van der Waals surface area contributed by atoms with Gasteiger partial charge in [-0.05, 0) is 19.1 Å². The molecule has 4 nitrogen and oxygen atoms in total. The highest BCUT2D eigenvalue weighted by Gasteiger charge is 2.40. The number of ether oxygens (including phenoxy) is 4. The number of methoxy groups -OCH3 is 2. The fraction of sp³-hybridized carbons (Fsp3) is 0.538. The first kappa shape index (κ1) is 13.5. The summed E-state index contributed by atoms with van der Waals surface area (Å²) in [5, 5.41) is 0. The van der Waals surface area contributed by atoms with E-state index >= 15 is 0 Å². The molecule has 2 rings (SSSR count). The van der Waals surface area contributed by atoms with Gasteiger partial charge in [0, 0.05) is 6.07 Å². The summed E-state index contributed by atoms with van der Waals surface area (Å²) in [6.45, 7) is 2.35. The van der Waals surface area contributed by atoms with Crippen LogP contribution in [0.5, 0.6) is 11.5 Å². The largest absolute Gasteiger partial charge is 0.497 e. The van der Waals surface area contributed by atoms with E-state index in [1.54, 1.807) is 20.3 Å². The predicted molar refractivity (Wildman–Crippen MR) is 68.4 cm³/mol. The fourth-order valence-electron chi connectivity index (χ4n) is 2.03. The van der Waals surface area contributed by atoms with Gasteiger partial charge in [-0.1, -0.05) is 0 Å². The third kappa shape index (κ3) is 2.41. The van der Waals surface area contributed by atoms with Gasteiger partial charge in [0.1, 0.15) is 11.5 Å². The highest BCUT2D eigenvalue weighted by molar-refractivity contribution is 6.18. The van der Waals surface area contributed by atoms with E-state index in [1.165, 1.54) is 0 Å². The van der Waals surface area contributed by atoms with E-state index in [0.717, 1.165) is 11.3 Å². The van der Waals surface area contributed by atoms with Crippen molar-refractivity contribution in [2.75, 3.05) is 26.7 Å². The molecule has 1 aliphatic rings. The van der Waals surface area contributed by atoms with Gasteiger partial charge in [0.05, 0.1) is 38.4 Å². The van der Waals surface area contributed by atoms with Crippen molar-refractivity contribution < 1.29 is 18.9 Å². The van der Waals surface area contributed by atoms with Crippen LogP contribution in [-0.2, 0) is 15.3 Å². The van der Waals surface area contributed by atoms with Crippen LogP contribution in [0.4, 0.5) is 0 Å². The van der Waals surface area contributed by atoms with Crippen LogP contribution in [0.25, 0.3) is 0 Å². The third-order valence-corrected chi connectivity index (χ3v) is 3.35. The maximum absolute atomic E-state index is 5.83. The number of alkyl halides is 1. The zero-order valence-electron chi connectivity index (χ0n) is 10.7. The second-order valence-corrected chi connectivity index (χ2v) is 4.53. The SMILES string of the molecule is COc1ccc(C2(C)OCC(CCl)O2)c(OC)c1. The molecule has 1 heterocycles. The van der Waals surface area contributed by atoms with Gasteiger partial charge >= 0.3 is 0 Å². The Morgan fingerprint density at radius 2 is 2.17 bits per heavy atom. The van der Waals surface area contributed by atoms with Crippen molar-refractivity contribution >= 4 is 11.6 Å². The van der Waals surface area contributed by atoms with E-state index in [-0.39, 0.29) is 6.10 Å². The average molecular weight is 273 g/mol. The van der Waals surface area contributed by atoms with Gasteiger partial charge in [-0.15, -0.1) is 11.6 Å². The van der Waals surface area contributed by atoms with Gasteiger partial charge < -0.3 is 18.9 Å². The van der Waals surface area contributed by atoms with Crippen LogP contribution in [0.1, 0.15) is 12.5 Å². The highest BCUT2D eigenvalue weighted by atomic mass is 35.5. The fourth-order valence-corrected chi connectivity index (χ4v) is 2.18. The number of hydrogen-bond donors (Lipinski definition) is 0. The van der Waals surface area contributed by atoms with Crippen molar-refractivity contribution in [2.45, 2.75) is 18.8 Å². The molecule has 100 valence electrons. The molecule has 2 unspecified atom stereocenters. The van der Waals surface area contributed by atoms with Crippen molar-refractivity contribution in [2.24, 2.45) is 0 Å². The summed E-state index contributed by atoms with van der Waals surface area (Å²) in [6.07, 6.45) is -0.0940. The van der Waals surface area contributed by atoms with E-state index in [9.17, 15) is 0 Å². The molecule has 1 aromatic carbocycles. The predicted octanol–water partition coefficient (Wildman–Crippen LogP) is 2.53. The lowest BCUT2D eigenvalue weighted by atomic mass is 10.1. The van der Waals surface area contributed by atoms with Crippen molar-refractivity contribution in [1.82, 2.24) is 0 Å². The van der Waals surface area contributed by atoms with Crippen LogP contribution in [0, 0.1) is 0 Å². The Labute approximate surface area is 112 Å².